The van der Waals surface area contributed by atoms with Crippen molar-refractivity contribution in [3.63, 3.8) is 0 Å². The second kappa shape index (κ2) is 10.1. The van der Waals surface area contributed by atoms with Crippen LogP contribution in [-0.4, -0.2) is 36.8 Å². The smallest absolute Gasteiger partial charge is 0.243 e. The number of anilines is 1. The number of nitrogens with one attached hydrogen (secondary N) is 1. The Labute approximate surface area is 183 Å². The molecule has 0 spiro atoms. The molecule has 2 aromatic rings. The number of benzene rings is 2. The molecular weight excluding hydrogens is 394 g/mol. The largest absolute Gasteiger partial charge is 0.493 e. The van der Waals surface area contributed by atoms with Gasteiger partial charge in [0.2, 0.25) is 11.8 Å². The molecule has 0 fully saturated rings. The van der Waals surface area contributed by atoms with Crippen LogP contribution in [0.3, 0.4) is 0 Å². The summed E-state index contributed by atoms with van der Waals surface area (Å²) in [4.78, 5) is 24.3. The number of hydrazone groups is 1. The van der Waals surface area contributed by atoms with Crippen LogP contribution in [0.1, 0.15) is 44.2 Å². The van der Waals surface area contributed by atoms with Crippen molar-refractivity contribution in [2.45, 2.75) is 39.7 Å². The lowest BCUT2D eigenvalue weighted by Gasteiger charge is -2.29. The molecule has 2 aromatic carbocycles. The van der Waals surface area contributed by atoms with Crippen LogP contribution in [0.2, 0.25) is 0 Å². The zero-order chi connectivity index (χ0) is 22.4. The quantitative estimate of drug-likeness (QED) is 0.690. The van der Waals surface area contributed by atoms with Gasteiger partial charge in [-0.15, -0.1) is 0 Å². The van der Waals surface area contributed by atoms with Crippen molar-refractivity contribution in [2.75, 3.05) is 19.5 Å². The van der Waals surface area contributed by atoms with Crippen LogP contribution in [0.5, 0.6) is 11.5 Å². The molecule has 1 unspecified atom stereocenters. The van der Waals surface area contributed by atoms with Gasteiger partial charge in [-0.25, -0.2) is 5.01 Å². The van der Waals surface area contributed by atoms with Gasteiger partial charge in [0.15, 0.2) is 11.5 Å². The normalized spacial score (nSPS) is 16.0. The molecule has 1 atom stereocenters. The van der Waals surface area contributed by atoms with Gasteiger partial charge in [0.1, 0.15) is 0 Å². The Bertz CT molecular complexity index is 969. The molecule has 0 radical (unpaired) electrons. The van der Waals surface area contributed by atoms with Gasteiger partial charge < -0.3 is 14.8 Å². The Hall–Kier alpha value is -3.35. The van der Waals surface area contributed by atoms with Gasteiger partial charge in [-0.3, -0.25) is 9.59 Å². The van der Waals surface area contributed by atoms with Gasteiger partial charge >= 0.3 is 0 Å². The Morgan fingerprint density at radius 1 is 1.10 bits per heavy atom. The third-order valence-corrected chi connectivity index (χ3v) is 5.39. The van der Waals surface area contributed by atoms with Crippen LogP contribution < -0.4 is 14.8 Å². The van der Waals surface area contributed by atoms with E-state index in [-0.39, 0.29) is 17.7 Å². The van der Waals surface area contributed by atoms with E-state index in [1.54, 1.807) is 14.2 Å². The molecule has 0 saturated heterocycles. The SMILES string of the molecule is CCC(=O)Nc1ccc(CN2N=C(c3ccc(OC)c(OC)c3)C(CC)CC2=O)cc1. The van der Waals surface area contributed by atoms with Crippen LogP contribution in [0.15, 0.2) is 47.6 Å². The topological polar surface area (TPSA) is 80.2 Å². The first-order valence-electron chi connectivity index (χ1n) is 10.5. The zero-order valence-electron chi connectivity index (χ0n) is 18.5. The van der Waals surface area contributed by atoms with E-state index >= 15 is 0 Å². The fourth-order valence-corrected chi connectivity index (χ4v) is 3.55. The number of carbonyl (C=O) groups is 2. The second-order valence-electron chi connectivity index (χ2n) is 7.41. The van der Waals surface area contributed by atoms with Crippen LogP contribution in [0.25, 0.3) is 0 Å². The monoisotopic (exact) mass is 423 g/mol. The summed E-state index contributed by atoms with van der Waals surface area (Å²) in [5.74, 6) is 1.30. The maximum atomic E-state index is 12.7. The highest BCUT2D eigenvalue weighted by Gasteiger charge is 2.29. The number of amides is 2. The van der Waals surface area contributed by atoms with Crippen LogP contribution >= 0.6 is 0 Å². The molecule has 1 heterocycles. The number of rotatable bonds is 8. The van der Waals surface area contributed by atoms with E-state index < -0.39 is 0 Å². The number of ether oxygens (including phenoxy) is 2. The summed E-state index contributed by atoms with van der Waals surface area (Å²) in [7, 11) is 3.20. The average Bonchev–Trinajstić information content (AvgIpc) is 2.80. The lowest BCUT2D eigenvalue weighted by molar-refractivity contribution is -0.133. The minimum Gasteiger partial charge on any atom is -0.493 e. The Balaban J connectivity index is 1.85. The maximum Gasteiger partial charge on any atom is 0.243 e. The third-order valence-electron chi connectivity index (χ3n) is 5.39. The number of hydrogen-bond donors (Lipinski definition) is 1. The van der Waals surface area contributed by atoms with Crippen molar-refractivity contribution in [3.8, 4) is 11.5 Å². The number of nitrogens with zero attached hydrogens (tertiary/aromatic N) is 2. The lowest BCUT2D eigenvalue weighted by Crippen LogP contribution is -2.36. The van der Waals surface area contributed by atoms with E-state index in [0.29, 0.717) is 30.9 Å². The van der Waals surface area contributed by atoms with Crippen LogP contribution in [0, 0.1) is 5.92 Å². The van der Waals surface area contributed by atoms with Gasteiger partial charge in [0.25, 0.3) is 0 Å². The molecule has 7 heteroatoms. The lowest BCUT2D eigenvalue weighted by atomic mass is 9.89. The molecule has 1 N–H and O–H groups in total. The summed E-state index contributed by atoms with van der Waals surface area (Å²) in [6, 6.07) is 13.2. The highest BCUT2D eigenvalue weighted by molar-refractivity contribution is 6.06. The molecule has 1 aliphatic heterocycles. The van der Waals surface area contributed by atoms with Crippen molar-refractivity contribution in [1.82, 2.24) is 5.01 Å². The minimum atomic E-state index is -0.0336. The van der Waals surface area contributed by atoms with Crippen LogP contribution in [-0.2, 0) is 16.1 Å². The molecule has 7 nitrogen and oxygen atoms in total. The highest BCUT2D eigenvalue weighted by Crippen LogP contribution is 2.31. The zero-order valence-corrected chi connectivity index (χ0v) is 18.5. The predicted octanol–water partition coefficient (Wildman–Crippen LogP) is 4.22. The molecule has 0 saturated carbocycles. The van der Waals surface area contributed by atoms with Crippen LogP contribution in [0.4, 0.5) is 5.69 Å². The van der Waals surface area contributed by atoms with Crippen molar-refractivity contribution in [3.05, 3.63) is 53.6 Å². The summed E-state index contributed by atoms with van der Waals surface area (Å²) < 4.78 is 10.8. The first kappa shape index (κ1) is 22.3. The van der Waals surface area contributed by atoms with Crippen molar-refractivity contribution < 1.29 is 19.1 Å². The third kappa shape index (κ3) is 5.23. The summed E-state index contributed by atoms with van der Waals surface area (Å²) in [5, 5.41) is 9.08. The summed E-state index contributed by atoms with van der Waals surface area (Å²) in [6.45, 7) is 4.24. The molecule has 3 rings (SSSR count). The average molecular weight is 424 g/mol. The number of carbonyl (C=O) groups excluding carboxylic acids is 2. The fourth-order valence-electron chi connectivity index (χ4n) is 3.55. The van der Waals surface area contributed by atoms with Crippen molar-refractivity contribution in [2.24, 2.45) is 11.0 Å². The van der Waals surface area contributed by atoms with E-state index in [1.165, 1.54) is 5.01 Å². The fraction of sp³-hybridized carbons (Fsp3) is 0.375. The van der Waals surface area contributed by atoms with E-state index in [2.05, 4.69) is 12.2 Å². The minimum absolute atomic E-state index is 0.000519. The Morgan fingerprint density at radius 3 is 2.42 bits per heavy atom. The van der Waals surface area contributed by atoms with Gasteiger partial charge in [-0.05, 0) is 42.3 Å². The molecule has 164 valence electrons. The Kier molecular flexibility index (Phi) is 7.28. The van der Waals surface area contributed by atoms with Crippen molar-refractivity contribution >= 4 is 23.2 Å². The van der Waals surface area contributed by atoms with Gasteiger partial charge in [-0.1, -0.05) is 26.0 Å². The predicted molar refractivity (Wildman–Crippen MR) is 120 cm³/mol. The van der Waals surface area contributed by atoms with E-state index in [4.69, 9.17) is 14.6 Å². The first-order chi connectivity index (χ1) is 15.0. The molecule has 2 amide bonds. The van der Waals surface area contributed by atoms with Gasteiger partial charge in [0.05, 0.1) is 26.5 Å². The molecular formula is C24H29N3O4. The van der Waals surface area contributed by atoms with Crippen molar-refractivity contribution in [1.29, 1.82) is 0 Å². The molecule has 0 bridgehead atoms. The van der Waals surface area contributed by atoms with E-state index in [1.807, 2.05) is 49.4 Å². The van der Waals surface area contributed by atoms with E-state index in [9.17, 15) is 9.59 Å². The van der Waals surface area contributed by atoms with E-state index in [0.717, 1.165) is 28.9 Å². The number of hydrogen-bond acceptors (Lipinski definition) is 5. The number of methoxy groups -OCH3 is 2. The molecule has 31 heavy (non-hydrogen) atoms. The first-order valence-corrected chi connectivity index (χ1v) is 10.5. The summed E-state index contributed by atoms with van der Waals surface area (Å²) >= 11 is 0. The van der Waals surface area contributed by atoms with Gasteiger partial charge in [-0.2, -0.15) is 5.10 Å². The molecule has 0 aromatic heterocycles. The second-order valence-corrected chi connectivity index (χ2v) is 7.41. The Morgan fingerprint density at radius 2 is 1.81 bits per heavy atom. The molecule has 1 aliphatic rings. The van der Waals surface area contributed by atoms with Gasteiger partial charge in [0, 0.05) is 30.0 Å². The summed E-state index contributed by atoms with van der Waals surface area (Å²) in [5.41, 5.74) is 3.46. The molecule has 0 aliphatic carbocycles. The maximum absolute atomic E-state index is 12.7. The standard InChI is InChI=1S/C24H29N3O4/c1-5-17-14-23(29)27(15-16-7-10-19(11-8-16)25-22(28)6-2)26-24(17)18-9-12-20(30-3)21(13-18)31-4/h7-13,17H,5-6,14-15H2,1-4H3,(H,25,28). The highest BCUT2D eigenvalue weighted by atomic mass is 16.5. The summed E-state index contributed by atoms with van der Waals surface area (Å²) in [6.07, 6.45) is 1.66.